The molecule has 0 radical (unpaired) electrons. The van der Waals surface area contributed by atoms with E-state index in [0.717, 1.165) is 13.0 Å². The van der Waals surface area contributed by atoms with Gasteiger partial charge in [-0.3, -0.25) is 0 Å². The molecular formula is C28H38N2. The number of benzene rings is 2. The lowest BCUT2D eigenvalue weighted by molar-refractivity contribution is 0.292. The SMILES string of the molecule is CC(C)c1ccc2c(c1)C(C)(C)NC(CC(C)c1ccc3c(c1)CNCC31CC1)C2. The molecule has 2 nitrogen and oxygen atoms in total. The number of hydrogen-bond donors (Lipinski definition) is 2. The van der Waals surface area contributed by atoms with Gasteiger partial charge in [-0.15, -0.1) is 0 Å². The lowest BCUT2D eigenvalue weighted by atomic mass is 9.78. The zero-order valence-corrected chi connectivity index (χ0v) is 19.4. The number of fused-ring (bicyclic) bond motifs is 3. The third kappa shape index (κ3) is 3.52. The van der Waals surface area contributed by atoms with Gasteiger partial charge in [0.05, 0.1) is 0 Å². The third-order valence-corrected chi connectivity index (χ3v) is 8.05. The van der Waals surface area contributed by atoms with E-state index in [0.29, 0.717) is 23.3 Å². The van der Waals surface area contributed by atoms with Crippen LogP contribution in [0.3, 0.4) is 0 Å². The van der Waals surface area contributed by atoms with E-state index in [1.807, 2.05) is 0 Å². The van der Waals surface area contributed by atoms with E-state index in [4.69, 9.17) is 0 Å². The van der Waals surface area contributed by atoms with E-state index in [-0.39, 0.29) is 5.54 Å². The van der Waals surface area contributed by atoms with Crippen LogP contribution in [0.15, 0.2) is 36.4 Å². The van der Waals surface area contributed by atoms with Crippen molar-refractivity contribution in [2.24, 2.45) is 0 Å². The first kappa shape index (κ1) is 20.3. The van der Waals surface area contributed by atoms with Crippen LogP contribution < -0.4 is 10.6 Å². The summed E-state index contributed by atoms with van der Waals surface area (Å²) < 4.78 is 0. The molecule has 2 atom stereocenters. The Morgan fingerprint density at radius 1 is 0.933 bits per heavy atom. The first-order valence-electron chi connectivity index (χ1n) is 12.0. The van der Waals surface area contributed by atoms with E-state index in [1.165, 1.54) is 48.1 Å². The summed E-state index contributed by atoms with van der Waals surface area (Å²) in [7, 11) is 0. The summed E-state index contributed by atoms with van der Waals surface area (Å²) in [6, 6.07) is 15.1. The topological polar surface area (TPSA) is 24.1 Å². The normalized spacial score (nSPS) is 24.4. The molecule has 0 bridgehead atoms. The van der Waals surface area contributed by atoms with Gasteiger partial charge < -0.3 is 10.6 Å². The maximum Gasteiger partial charge on any atom is 0.0382 e. The molecule has 1 aliphatic carbocycles. The van der Waals surface area contributed by atoms with Crippen LogP contribution in [-0.4, -0.2) is 12.6 Å². The maximum absolute atomic E-state index is 3.99. The van der Waals surface area contributed by atoms with E-state index < -0.39 is 0 Å². The number of rotatable bonds is 4. The van der Waals surface area contributed by atoms with Crippen molar-refractivity contribution in [3.63, 3.8) is 0 Å². The Bertz CT molecular complexity index is 951. The van der Waals surface area contributed by atoms with Gasteiger partial charge in [-0.2, -0.15) is 0 Å². The highest BCUT2D eigenvalue weighted by Crippen LogP contribution is 2.50. The molecule has 2 aromatic carbocycles. The third-order valence-electron chi connectivity index (χ3n) is 8.05. The van der Waals surface area contributed by atoms with Gasteiger partial charge >= 0.3 is 0 Å². The molecule has 0 aromatic heterocycles. The van der Waals surface area contributed by atoms with Crippen molar-refractivity contribution in [1.29, 1.82) is 0 Å². The molecule has 0 amide bonds. The first-order chi connectivity index (χ1) is 14.3. The van der Waals surface area contributed by atoms with E-state index in [1.54, 1.807) is 11.1 Å². The molecule has 1 fully saturated rings. The average molecular weight is 403 g/mol. The summed E-state index contributed by atoms with van der Waals surface area (Å²) >= 11 is 0. The Hall–Kier alpha value is -1.64. The second kappa shape index (κ2) is 7.21. The number of nitrogens with one attached hydrogen (secondary N) is 2. The lowest BCUT2D eigenvalue weighted by Crippen LogP contribution is -2.49. The van der Waals surface area contributed by atoms with Gasteiger partial charge in [-0.25, -0.2) is 0 Å². The molecule has 160 valence electrons. The molecule has 3 aliphatic rings. The van der Waals surface area contributed by atoms with E-state index >= 15 is 0 Å². The van der Waals surface area contributed by atoms with Crippen LogP contribution in [0.1, 0.15) is 99.1 Å². The van der Waals surface area contributed by atoms with E-state index in [2.05, 4.69) is 81.7 Å². The van der Waals surface area contributed by atoms with Gasteiger partial charge in [0.1, 0.15) is 0 Å². The van der Waals surface area contributed by atoms with Crippen molar-refractivity contribution in [2.75, 3.05) is 6.54 Å². The molecule has 30 heavy (non-hydrogen) atoms. The van der Waals surface area contributed by atoms with Gasteiger partial charge in [0.25, 0.3) is 0 Å². The molecule has 0 saturated heterocycles. The Balaban J connectivity index is 1.34. The predicted octanol–water partition coefficient (Wildman–Crippen LogP) is 5.89. The predicted molar refractivity (Wildman–Crippen MR) is 126 cm³/mol. The smallest absolute Gasteiger partial charge is 0.0382 e. The Kier molecular flexibility index (Phi) is 4.87. The van der Waals surface area contributed by atoms with Crippen LogP contribution in [-0.2, 0) is 23.9 Å². The average Bonchev–Trinajstić information content (AvgIpc) is 3.47. The van der Waals surface area contributed by atoms with Crippen LogP contribution in [0, 0.1) is 0 Å². The molecule has 1 saturated carbocycles. The van der Waals surface area contributed by atoms with Gasteiger partial charge in [0.15, 0.2) is 0 Å². The van der Waals surface area contributed by atoms with Crippen molar-refractivity contribution < 1.29 is 0 Å². The van der Waals surface area contributed by atoms with Crippen molar-refractivity contribution >= 4 is 0 Å². The molecule has 2 heteroatoms. The minimum Gasteiger partial charge on any atom is -0.312 e. The quantitative estimate of drug-likeness (QED) is 0.666. The number of hydrogen-bond acceptors (Lipinski definition) is 2. The summed E-state index contributed by atoms with van der Waals surface area (Å²) in [6.45, 7) is 13.9. The fourth-order valence-electron chi connectivity index (χ4n) is 6.04. The lowest BCUT2D eigenvalue weighted by Gasteiger charge is -2.40. The van der Waals surface area contributed by atoms with Crippen LogP contribution >= 0.6 is 0 Å². The Morgan fingerprint density at radius 2 is 1.70 bits per heavy atom. The van der Waals surface area contributed by atoms with Gasteiger partial charge in [-0.05, 0) is 84.7 Å². The van der Waals surface area contributed by atoms with Gasteiger partial charge in [-0.1, -0.05) is 57.2 Å². The monoisotopic (exact) mass is 402 g/mol. The Labute approximate surface area is 182 Å². The summed E-state index contributed by atoms with van der Waals surface area (Å²) in [5.41, 5.74) is 9.66. The summed E-state index contributed by atoms with van der Waals surface area (Å²) in [4.78, 5) is 0. The van der Waals surface area contributed by atoms with Crippen molar-refractivity contribution in [3.8, 4) is 0 Å². The van der Waals surface area contributed by atoms with Crippen LogP contribution in [0.4, 0.5) is 0 Å². The minimum absolute atomic E-state index is 0.0288. The molecule has 1 spiro atoms. The highest BCUT2D eigenvalue weighted by atomic mass is 15.0. The fourth-order valence-corrected chi connectivity index (χ4v) is 6.04. The molecule has 2 N–H and O–H groups in total. The molecular weight excluding hydrogens is 364 g/mol. The standard InChI is InChI=1S/C28H38N2/c1-18(2)20-6-7-22-14-24(30-27(4,5)26(22)15-20)12-19(3)21-8-9-25-23(13-21)16-29-17-28(25)10-11-28/h6-9,13,15,18-19,24,29-30H,10-12,14,16-17H2,1-5H3. The molecule has 2 aliphatic heterocycles. The molecule has 5 rings (SSSR count). The zero-order chi connectivity index (χ0) is 21.1. The van der Waals surface area contributed by atoms with Crippen molar-refractivity contribution in [1.82, 2.24) is 10.6 Å². The molecule has 2 aromatic rings. The molecule has 2 unspecified atom stereocenters. The summed E-state index contributed by atoms with van der Waals surface area (Å²) in [5.74, 6) is 1.15. The minimum atomic E-state index is 0.0288. The highest BCUT2D eigenvalue weighted by Gasteiger charge is 2.46. The molecule has 2 heterocycles. The van der Waals surface area contributed by atoms with Gasteiger partial charge in [0.2, 0.25) is 0 Å². The second-order valence-electron chi connectivity index (χ2n) is 11.2. The first-order valence-corrected chi connectivity index (χ1v) is 12.0. The maximum atomic E-state index is 3.99. The van der Waals surface area contributed by atoms with Crippen LogP contribution in [0.2, 0.25) is 0 Å². The van der Waals surface area contributed by atoms with Crippen molar-refractivity contribution in [2.45, 2.75) is 95.7 Å². The van der Waals surface area contributed by atoms with E-state index in [9.17, 15) is 0 Å². The van der Waals surface area contributed by atoms with Gasteiger partial charge in [0, 0.05) is 30.1 Å². The summed E-state index contributed by atoms with van der Waals surface area (Å²) in [5, 5.41) is 7.65. The fraction of sp³-hybridized carbons (Fsp3) is 0.571. The zero-order valence-electron chi connectivity index (χ0n) is 19.4. The second-order valence-corrected chi connectivity index (χ2v) is 11.2. The summed E-state index contributed by atoms with van der Waals surface area (Å²) in [6.07, 6.45) is 5.05. The van der Waals surface area contributed by atoms with Crippen LogP contribution in [0.5, 0.6) is 0 Å². The van der Waals surface area contributed by atoms with Crippen LogP contribution in [0.25, 0.3) is 0 Å². The largest absolute Gasteiger partial charge is 0.312 e. The highest BCUT2D eigenvalue weighted by molar-refractivity contribution is 5.44. The van der Waals surface area contributed by atoms with Crippen molar-refractivity contribution in [3.05, 3.63) is 69.8 Å². The Morgan fingerprint density at radius 3 is 2.43 bits per heavy atom.